The zero-order chi connectivity index (χ0) is 14.4. The molecule has 0 aromatic heterocycles. The number of carbonyl (C=O) groups excluding carboxylic acids is 1. The number of ether oxygens (including phenoxy) is 2. The first-order chi connectivity index (χ1) is 9.76. The van der Waals surface area contributed by atoms with Gasteiger partial charge in [0.1, 0.15) is 12.4 Å². The summed E-state index contributed by atoms with van der Waals surface area (Å²) < 4.78 is 10.7. The summed E-state index contributed by atoms with van der Waals surface area (Å²) in [6.07, 6.45) is 0.725. The van der Waals surface area contributed by atoms with Crippen LogP contribution < -0.4 is 10.5 Å². The Labute approximate surface area is 119 Å². The summed E-state index contributed by atoms with van der Waals surface area (Å²) in [4.78, 5) is 14.3. The number of amides is 1. The van der Waals surface area contributed by atoms with Crippen LogP contribution in [0.3, 0.4) is 0 Å². The van der Waals surface area contributed by atoms with Gasteiger partial charge in [0, 0.05) is 26.7 Å². The number of methoxy groups -OCH3 is 1. The monoisotopic (exact) mass is 278 g/mol. The number of nitrogens with zero attached hydrogens (tertiary/aromatic N) is 1. The number of para-hydroxylation sites is 1. The van der Waals surface area contributed by atoms with Crippen molar-refractivity contribution in [1.82, 2.24) is 4.90 Å². The second-order valence-corrected chi connectivity index (χ2v) is 4.93. The van der Waals surface area contributed by atoms with E-state index in [0.717, 1.165) is 17.7 Å². The number of benzene rings is 1. The summed E-state index contributed by atoms with van der Waals surface area (Å²) in [6, 6.07) is 7.87. The Balaban J connectivity index is 2.01. The summed E-state index contributed by atoms with van der Waals surface area (Å²) in [7, 11) is 1.63. The summed E-state index contributed by atoms with van der Waals surface area (Å²) >= 11 is 0. The summed E-state index contributed by atoms with van der Waals surface area (Å²) in [5.74, 6) is 0.856. The number of rotatable bonds is 6. The van der Waals surface area contributed by atoms with Gasteiger partial charge in [-0.05, 0) is 18.1 Å². The molecule has 0 saturated carbocycles. The highest BCUT2D eigenvalue weighted by Gasteiger charge is 2.29. The predicted octanol–water partition coefficient (Wildman–Crippen LogP) is 0.671. The molecule has 5 nitrogen and oxygen atoms in total. The molecule has 0 bridgehead atoms. The van der Waals surface area contributed by atoms with Crippen LogP contribution in [0.4, 0.5) is 0 Å². The number of hydrogen-bond acceptors (Lipinski definition) is 4. The van der Waals surface area contributed by atoms with Gasteiger partial charge in [0.25, 0.3) is 0 Å². The van der Waals surface area contributed by atoms with E-state index >= 15 is 0 Å². The Morgan fingerprint density at radius 2 is 2.25 bits per heavy atom. The zero-order valence-electron chi connectivity index (χ0n) is 11.9. The highest BCUT2D eigenvalue weighted by atomic mass is 16.5. The van der Waals surface area contributed by atoms with Crippen molar-refractivity contribution in [3.63, 3.8) is 0 Å². The van der Waals surface area contributed by atoms with Crippen molar-refractivity contribution in [3.8, 4) is 5.75 Å². The maximum absolute atomic E-state index is 12.5. The molecule has 1 amide bonds. The quantitative estimate of drug-likeness (QED) is 0.830. The predicted molar refractivity (Wildman–Crippen MR) is 76.6 cm³/mol. The standard InChI is InChI=1S/C15H22N2O3/c1-19-9-8-17(7-6-16)15(18)13-10-12-4-2-3-5-14(12)20-11-13/h2-5,13H,6-11,16H2,1H3. The number of hydrogen-bond donors (Lipinski definition) is 1. The summed E-state index contributed by atoms with van der Waals surface area (Å²) in [5, 5.41) is 0. The lowest BCUT2D eigenvalue weighted by Gasteiger charge is -2.30. The number of carbonyl (C=O) groups is 1. The van der Waals surface area contributed by atoms with Crippen LogP contribution in [-0.4, -0.2) is 50.8 Å². The molecule has 0 fully saturated rings. The van der Waals surface area contributed by atoms with E-state index in [0.29, 0.717) is 32.8 Å². The maximum Gasteiger partial charge on any atom is 0.229 e. The van der Waals surface area contributed by atoms with E-state index in [1.165, 1.54) is 0 Å². The topological polar surface area (TPSA) is 64.8 Å². The molecule has 0 spiro atoms. The molecule has 0 aliphatic carbocycles. The fraction of sp³-hybridized carbons (Fsp3) is 0.533. The normalized spacial score (nSPS) is 17.2. The van der Waals surface area contributed by atoms with E-state index in [1.807, 2.05) is 24.3 Å². The molecule has 1 aliphatic rings. The van der Waals surface area contributed by atoms with Crippen molar-refractivity contribution in [2.75, 3.05) is 40.0 Å². The average molecular weight is 278 g/mol. The van der Waals surface area contributed by atoms with Gasteiger partial charge < -0.3 is 20.1 Å². The third kappa shape index (κ3) is 3.49. The average Bonchev–Trinajstić information content (AvgIpc) is 2.50. The fourth-order valence-corrected chi connectivity index (χ4v) is 2.43. The highest BCUT2D eigenvalue weighted by Crippen LogP contribution is 2.27. The molecule has 110 valence electrons. The first kappa shape index (κ1) is 14.8. The van der Waals surface area contributed by atoms with Crippen molar-refractivity contribution < 1.29 is 14.3 Å². The molecular formula is C15H22N2O3. The highest BCUT2D eigenvalue weighted by molar-refractivity contribution is 5.79. The van der Waals surface area contributed by atoms with Crippen molar-refractivity contribution in [3.05, 3.63) is 29.8 Å². The molecule has 20 heavy (non-hydrogen) atoms. The Morgan fingerprint density at radius 3 is 3.00 bits per heavy atom. The minimum atomic E-state index is -0.131. The molecule has 2 N–H and O–H groups in total. The Bertz CT molecular complexity index is 450. The van der Waals surface area contributed by atoms with Crippen LogP contribution in [-0.2, 0) is 16.0 Å². The van der Waals surface area contributed by atoms with Gasteiger partial charge in [-0.3, -0.25) is 4.79 Å². The third-order valence-electron chi connectivity index (χ3n) is 3.50. The minimum Gasteiger partial charge on any atom is -0.492 e. The van der Waals surface area contributed by atoms with Crippen LogP contribution in [0.2, 0.25) is 0 Å². The third-order valence-corrected chi connectivity index (χ3v) is 3.50. The lowest BCUT2D eigenvalue weighted by Crippen LogP contribution is -2.44. The fourth-order valence-electron chi connectivity index (χ4n) is 2.43. The Hall–Kier alpha value is -1.59. The van der Waals surface area contributed by atoms with E-state index in [1.54, 1.807) is 12.0 Å². The van der Waals surface area contributed by atoms with E-state index in [9.17, 15) is 4.79 Å². The molecule has 1 atom stereocenters. The van der Waals surface area contributed by atoms with E-state index in [2.05, 4.69) is 0 Å². The lowest BCUT2D eigenvalue weighted by atomic mass is 9.95. The molecule has 1 unspecified atom stereocenters. The molecule has 1 aromatic carbocycles. The van der Waals surface area contributed by atoms with E-state index in [-0.39, 0.29) is 11.8 Å². The van der Waals surface area contributed by atoms with Crippen molar-refractivity contribution in [1.29, 1.82) is 0 Å². The van der Waals surface area contributed by atoms with Crippen LogP contribution in [0, 0.1) is 5.92 Å². The first-order valence-corrected chi connectivity index (χ1v) is 6.94. The van der Waals surface area contributed by atoms with Crippen LogP contribution in [0.15, 0.2) is 24.3 Å². The molecule has 5 heteroatoms. The molecule has 0 saturated heterocycles. The smallest absolute Gasteiger partial charge is 0.229 e. The van der Waals surface area contributed by atoms with Gasteiger partial charge in [-0.25, -0.2) is 0 Å². The molecule has 1 heterocycles. The van der Waals surface area contributed by atoms with Gasteiger partial charge in [-0.2, -0.15) is 0 Å². The Kier molecular flexibility index (Phi) is 5.38. The number of fused-ring (bicyclic) bond motifs is 1. The molecule has 1 aliphatic heterocycles. The van der Waals surface area contributed by atoms with Gasteiger partial charge in [0.05, 0.1) is 12.5 Å². The van der Waals surface area contributed by atoms with Crippen molar-refractivity contribution in [2.45, 2.75) is 6.42 Å². The Morgan fingerprint density at radius 1 is 1.45 bits per heavy atom. The van der Waals surface area contributed by atoms with Crippen LogP contribution in [0.25, 0.3) is 0 Å². The zero-order valence-corrected chi connectivity index (χ0v) is 11.9. The van der Waals surface area contributed by atoms with Gasteiger partial charge in [0.2, 0.25) is 5.91 Å². The number of nitrogens with two attached hydrogens (primary N) is 1. The van der Waals surface area contributed by atoms with Crippen LogP contribution in [0.1, 0.15) is 5.56 Å². The molecule has 2 rings (SSSR count). The van der Waals surface area contributed by atoms with E-state index in [4.69, 9.17) is 15.2 Å². The largest absolute Gasteiger partial charge is 0.492 e. The maximum atomic E-state index is 12.5. The van der Waals surface area contributed by atoms with Crippen molar-refractivity contribution in [2.24, 2.45) is 11.7 Å². The van der Waals surface area contributed by atoms with Gasteiger partial charge >= 0.3 is 0 Å². The van der Waals surface area contributed by atoms with Gasteiger partial charge in [-0.15, -0.1) is 0 Å². The molecule has 0 radical (unpaired) electrons. The van der Waals surface area contributed by atoms with Crippen LogP contribution in [0.5, 0.6) is 5.75 Å². The van der Waals surface area contributed by atoms with Gasteiger partial charge in [-0.1, -0.05) is 18.2 Å². The molecule has 1 aromatic rings. The lowest BCUT2D eigenvalue weighted by molar-refractivity contribution is -0.137. The van der Waals surface area contributed by atoms with E-state index < -0.39 is 0 Å². The van der Waals surface area contributed by atoms with Crippen molar-refractivity contribution >= 4 is 5.91 Å². The first-order valence-electron chi connectivity index (χ1n) is 6.94. The second-order valence-electron chi connectivity index (χ2n) is 4.93. The minimum absolute atomic E-state index is 0.0991. The summed E-state index contributed by atoms with van der Waals surface area (Å²) in [5.41, 5.74) is 6.67. The second kappa shape index (κ2) is 7.26. The van der Waals surface area contributed by atoms with Crippen LogP contribution >= 0.6 is 0 Å². The molecular weight excluding hydrogens is 256 g/mol. The SMILES string of the molecule is COCCN(CCN)C(=O)C1COc2ccccc2C1. The summed E-state index contributed by atoms with van der Waals surface area (Å²) in [6.45, 7) is 2.55. The van der Waals surface area contributed by atoms with Gasteiger partial charge in [0.15, 0.2) is 0 Å².